The minimum atomic E-state index is -1.13. The van der Waals surface area contributed by atoms with Crippen LogP contribution in [0.5, 0.6) is 5.75 Å². The first-order valence-electron chi connectivity index (χ1n) is 10.1. The average molecular weight is 434 g/mol. The van der Waals surface area contributed by atoms with Gasteiger partial charge in [0.1, 0.15) is 30.1 Å². The summed E-state index contributed by atoms with van der Waals surface area (Å²) in [5, 5.41) is 10.4. The molecule has 0 spiro atoms. The lowest BCUT2D eigenvalue weighted by atomic mass is 10.3. The maximum Gasteiger partial charge on any atom is 0.332 e. The molecule has 0 fully saturated rings. The molecular weight excluding hydrogens is 407 g/mol. The third-order valence-corrected chi connectivity index (χ3v) is 4.92. The SMILES string of the molecule is CCCn1c(=O)n(CC(O)COc2ccc(F)cc2)c(=O)c2c1nc(C)n2CCOC. The van der Waals surface area contributed by atoms with Crippen LogP contribution in [0.25, 0.3) is 11.2 Å². The summed E-state index contributed by atoms with van der Waals surface area (Å²) in [4.78, 5) is 30.7. The summed E-state index contributed by atoms with van der Waals surface area (Å²) in [6, 6.07) is 5.36. The van der Waals surface area contributed by atoms with Crippen molar-refractivity contribution in [2.45, 2.75) is 46.0 Å². The van der Waals surface area contributed by atoms with E-state index in [2.05, 4.69) is 4.98 Å². The van der Waals surface area contributed by atoms with Crippen molar-refractivity contribution in [3.05, 3.63) is 56.7 Å². The predicted molar refractivity (Wildman–Crippen MR) is 113 cm³/mol. The molecule has 0 aliphatic heterocycles. The van der Waals surface area contributed by atoms with Crippen molar-refractivity contribution < 1.29 is 19.0 Å². The van der Waals surface area contributed by atoms with Crippen LogP contribution in [0.3, 0.4) is 0 Å². The fourth-order valence-corrected chi connectivity index (χ4v) is 3.43. The molecule has 1 atom stereocenters. The van der Waals surface area contributed by atoms with Crippen LogP contribution >= 0.6 is 0 Å². The van der Waals surface area contributed by atoms with Crippen molar-refractivity contribution in [2.24, 2.45) is 0 Å². The zero-order chi connectivity index (χ0) is 22.5. The van der Waals surface area contributed by atoms with Gasteiger partial charge in [-0.2, -0.15) is 0 Å². The Morgan fingerprint density at radius 1 is 1.13 bits per heavy atom. The van der Waals surface area contributed by atoms with E-state index < -0.39 is 23.2 Å². The average Bonchev–Trinajstić information content (AvgIpc) is 3.08. The first-order chi connectivity index (χ1) is 14.9. The number of aliphatic hydroxyl groups is 1. The van der Waals surface area contributed by atoms with Crippen LogP contribution in [0.15, 0.2) is 33.9 Å². The lowest BCUT2D eigenvalue weighted by Crippen LogP contribution is -2.44. The molecule has 10 heteroatoms. The highest BCUT2D eigenvalue weighted by Gasteiger charge is 2.21. The highest BCUT2D eigenvalue weighted by atomic mass is 19.1. The number of benzene rings is 1. The number of halogens is 1. The van der Waals surface area contributed by atoms with Gasteiger partial charge in [-0.05, 0) is 37.6 Å². The van der Waals surface area contributed by atoms with Gasteiger partial charge in [0.15, 0.2) is 11.2 Å². The van der Waals surface area contributed by atoms with E-state index in [1.54, 1.807) is 18.6 Å². The topological polar surface area (TPSA) is 101 Å². The third kappa shape index (κ3) is 4.86. The molecule has 9 nitrogen and oxygen atoms in total. The monoisotopic (exact) mass is 434 g/mol. The van der Waals surface area contributed by atoms with E-state index in [-0.39, 0.29) is 13.2 Å². The highest BCUT2D eigenvalue weighted by molar-refractivity contribution is 5.71. The van der Waals surface area contributed by atoms with Gasteiger partial charge in [0.2, 0.25) is 0 Å². The van der Waals surface area contributed by atoms with Gasteiger partial charge in [-0.3, -0.25) is 13.9 Å². The summed E-state index contributed by atoms with van der Waals surface area (Å²) in [5.74, 6) is 0.580. The Labute approximate surface area is 178 Å². The molecule has 1 unspecified atom stereocenters. The molecule has 3 rings (SSSR count). The van der Waals surface area contributed by atoms with E-state index in [1.165, 1.54) is 28.8 Å². The van der Waals surface area contributed by atoms with Gasteiger partial charge in [0.25, 0.3) is 5.56 Å². The number of nitrogens with zero attached hydrogens (tertiary/aromatic N) is 4. The van der Waals surface area contributed by atoms with Crippen molar-refractivity contribution in [3.8, 4) is 5.75 Å². The van der Waals surface area contributed by atoms with E-state index in [9.17, 15) is 19.1 Å². The van der Waals surface area contributed by atoms with Gasteiger partial charge in [-0.15, -0.1) is 0 Å². The maximum atomic E-state index is 13.2. The molecule has 2 aromatic heterocycles. The highest BCUT2D eigenvalue weighted by Crippen LogP contribution is 2.13. The smallest absolute Gasteiger partial charge is 0.332 e. The lowest BCUT2D eigenvalue weighted by molar-refractivity contribution is 0.0901. The lowest BCUT2D eigenvalue weighted by Gasteiger charge is -2.16. The van der Waals surface area contributed by atoms with Crippen LogP contribution < -0.4 is 16.0 Å². The fraction of sp³-hybridized carbons (Fsp3) is 0.476. The van der Waals surface area contributed by atoms with Crippen LogP contribution in [0.1, 0.15) is 19.2 Å². The Morgan fingerprint density at radius 3 is 2.48 bits per heavy atom. The number of fused-ring (bicyclic) bond motifs is 1. The van der Waals surface area contributed by atoms with Gasteiger partial charge in [-0.1, -0.05) is 6.92 Å². The minimum Gasteiger partial charge on any atom is -0.491 e. The van der Waals surface area contributed by atoms with E-state index in [0.717, 1.165) is 4.57 Å². The van der Waals surface area contributed by atoms with E-state index in [0.29, 0.717) is 48.9 Å². The largest absolute Gasteiger partial charge is 0.491 e. The second-order valence-electron chi connectivity index (χ2n) is 7.24. The predicted octanol–water partition coefficient (Wildman–Crippen LogP) is 1.30. The number of aryl methyl sites for hydroxylation is 2. The molecule has 0 radical (unpaired) electrons. The number of ether oxygens (including phenoxy) is 2. The van der Waals surface area contributed by atoms with E-state index in [1.807, 2.05) is 6.92 Å². The first kappa shape index (κ1) is 22.7. The van der Waals surface area contributed by atoms with Crippen molar-refractivity contribution in [2.75, 3.05) is 20.3 Å². The molecule has 3 aromatic rings. The number of hydrogen-bond donors (Lipinski definition) is 1. The van der Waals surface area contributed by atoms with Gasteiger partial charge >= 0.3 is 5.69 Å². The fourth-order valence-electron chi connectivity index (χ4n) is 3.43. The molecule has 0 saturated carbocycles. The van der Waals surface area contributed by atoms with Gasteiger partial charge < -0.3 is 19.1 Å². The van der Waals surface area contributed by atoms with Crippen LogP contribution in [0.4, 0.5) is 4.39 Å². The summed E-state index contributed by atoms with van der Waals surface area (Å²) in [6.45, 7) is 4.47. The van der Waals surface area contributed by atoms with Crippen molar-refractivity contribution in [1.29, 1.82) is 0 Å². The molecule has 31 heavy (non-hydrogen) atoms. The molecule has 1 N–H and O–H groups in total. The normalized spacial score (nSPS) is 12.4. The molecule has 0 aliphatic carbocycles. The van der Waals surface area contributed by atoms with Crippen molar-refractivity contribution in [1.82, 2.24) is 18.7 Å². The molecule has 168 valence electrons. The summed E-state index contributed by atoms with van der Waals surface area (Å²) < 4.78 is 27.8. The standard InChI is InChI=1S/C21H27FN4O5/c1-4-9-25-19-18(24(10-11-30-3)14(2)23-19)20(28)26(21(25)29)12-16(27)13-31-17-7-5-15(22)6-8-17/h5-8,16,27H,4,9-13H2,1-3H3. The summed E-state index contributed by atoms with van der Waals surface area (Å²) in [5.41, 5.74) is -0.422. The second-order valence-corrected chi connectivity index (χ2v) is 7.24. The van der Waals surface area contributed by atoms with E-state index in [4.69, 9.17) is 9.47 Å². The molecule has 0 bridgehead atoms. The summed E-state index contributed by atoms with van der Waals surface area (Å²) in [6.07, 6.45) is -0.452. The third-order valence-electron chi connectivity index (χ3n) is 4.92. The van der Waals surface area contributed by atoms with Crippen LogP contribution in [-0.4, -0.2) is 50.2 Å². The quantitative estimate of drug-likeness (QED) is 0.516. The van der Waals surface area contributed by atoms with Crippen LogP contribution in [0.2, 0.25) is 0 Å². The van der Waals surface area contributed by atoms with Gasteiger partial charge in [0, 0.05) is 20.2 Å². The Bertz CT molecular complexity index is 1150. The van der Waals surface area contributed by atoms with Crippen molar-refractivity contribution in [3.63, 3.8) is 0 Å². The number of aliphatic hydroxyl groups excluding tert-OH is 1. The number of hydrogen-bond acceptors (Lipinski definition) is 6. The molecular formula is C21H27FN4O5. The molecule has 0 saturated heterocycles. The number of aromatic nitrogens is 4. The van der Waals surface area contributed by atoms with Crippen LogP contribution in [-0.2, 0) is 24.4 Å². The molecule has 1 aromatic carbocycles. The Balaban J connectivity index is 1.95. The van der Waals surface area contributed by atoms with Crippen LogP contribution in [0, 0.1) is 12.7 Å². The zero-order valence-electron chi connectivity index (χ0n) is 17.9. The van der Waals surface area contributed by atoms with E-state index >= 15 is 0 Å². The van der Waals surface area contributed by atoms with Gasteiger partial charge in [0.05, 0.1) is 13.2 Å². The maximum absolute atomic E-state index is 13.2. The summed E-state index contributed by atoms with van der Waals surface area (Å²) in [7, 11) is 1.57. The number of methoxy groups -OCH3 is 1. The number of rotatable bonds is 10. The molecule has 0 aliphatic rings. The second kappa shape index (κ2) is 9.88. The Hall–Kier alpha value is -2.98. The molecule has 0 amide bonds. The number of imidazole rings is 1. The zero-order valence-corrected chi connectivity index (χ0v) is 17.9. The summed E-state index contributed by atoms with van der Waals surface area (Å²) >= 11 is 0. The van der Waals surface area contributed by atoms with Crippen molar-refractivity contribution >= 4 is 11.2 Å². The minimum absolute atomic E-state index is 0.161. The Morgan fingerprint density at radius 2 is 1.84 bits per heavy atom. The Kier molecular flexibility index (Phi) is 7.24. The molecule has 2 heterocycles. The van der Waals surface area contributed by atoms with Gasteiger partial charge in [-0.25, -0.2) is 14.2 Å². The first-order valence-corrected chi connectivity index (χ1v) is 10.1.